The van der Waals surface area contributed by atoms with E-state index in [1.165, 1.54) is 31.3 Å². The highest BCUT2D eigenvalue weighted by atomic mass is 16.5. The number of imide groups is 1. The Morgan fingerprint density at radius 3 is 2.06 bits per heavy atom. The summed E-state index contributed by atoms with van der Waals surface area (Å²) in [6.45, 7) is 0. The molecule has 4 bridgehead atoms. The Hall–Kier alpha value is -2.70. The zero-order valence-corrected chi connectivity index (χ0v) is 19.0. The maximum atomic E-state index is 14.1. The minimum atomic E-state index is -0.717. The van der Waals surface area contributed by atoms with E-state index in [0.29, 0.717) is 29.0 Å². The number of amides is 3. The highest BCUT2D eigenvalue weighted by molar-refractivity contribution is 6.23. The minimum absolute atomic E-state index is 0.0339. The number of ether oxygens (including phenoxy) is 1. The van der Waals surface area contributed by atoms with Crippen LogP contribution in [0.5, 0.6) is 0 Å². The molecule has 1 aromatic carbocycles. The highest BCUT2D eigenvalue weighted by Gasteiger charge is 2.59. The van der Waals surface area contributed by atoms with E-state index in [1.807, 2.05) is 4.90 Å². The Labute approximate surface area is 193 Å². The molecule has 1 aromatic rings. The van der Waals surface area contributed by atoms with Crippen LogP contribution in [0, 0.1) is 23.2 Å². The predicted molar refractivity (Wildman–Crippen MR) is 119 cm³/mol. The number of nitrogens with zero attached hydrogens (tertiary/aromatic N) is 2. The monoisotopic (exact) mass is 450 g/mol. The molecular weight excluding hydrogens is 420 g/mol. The lowest BCUT2D eigenvalue weighted by atomic mass is 9.49. The van der Waals surface area contributed by atoms with Crippen molar-refractivity contribution in [3.05, 3.63) is 29.8 Å². The normalized spacial score (nSPS) is 34.6. The molecule has 0 aromatic heterocycles. The summed E-state index contributed by atoms with van der Waals surface area (Å²) in [6.07, 6.45) is 8.47. The number of hydrogen-bond donors (Lipinski definition) is 0. The second-order valence-electron chi connectivity index (χ2n) is 11.0. The molecule has 3 amide bonds. The summed E-state index contributed by atoms with van der Waals surface area (Å²) < 4.78 is 4.72. The first-order chi connectivity index (χ1) is 15.9. The molecule has 1 unspecified atom stereocenters. The topological polar surface area (TPSA) is 84.0 Å². The Morgan fingerprint density at radius 1 is 0.970 bits per heavy atom. The van der Waals surface area contributed by atoms with Crippen molar-refractivity contribution in [1.29, 1.82) is 0 Å². The van der Waals surface area contributed by atoms with Gasteiger partial charge in [0.1, 0.15) is 6.04 Å². The second kappa shape index (κ2) is 7.40. The van der Waals surface area contributed by atoms with E-state index in [1.54, 1.807) is 24.3 Å². The molecule has 7 rings (SSSR count). The molecule has 7 nitrogen and oxygen atoms in total. The van der Waals surface area contributed by atoms with Crippen molar-refractivity contribution in [3.63, 3.8) is 0 Å². The summed E-state index contributed by atoms with van der Waals surface area (Å²) in [5, 5.41) is 0. The van der Waals surface area contributed by atoms with Crippen LogP contribution < -0.4 is 4.90 Å². The number of esters is 1. The van der Waals surface area contributed by atoms with Gasteiger partial charge in [-0.3, -0.25) is 14.4 Å². The predicted octanol–water partition coefficient (Wildman–Crippen LogP) is 3.31. The Balaban J connectivity index is 1.27. The lowest BCUT2D eigenvalue weighted by molar-refractivity contribution is -0.162. The third-order valence-electron chi connectivity index (χ3n) is 8.67. The fraction of sp³-hybridized carbons (Fsp3) is 0.615. The van der Waals surface area contributed by atoms with Crippen molar-refractivity contribution >= 4 is 29.4 Å². The van der Waals surface area contributed by atoms with Crippen LogP contribution in [0.4, 0.5) is 5.69 Å². The van der Waals surface area contributed by atoms with E-state index in [2.05, 4.69) is 0 Å². The van der Waals surface area contributed by atoms with E-state index < -0.39 is 12.0 Å². The third-order valence-corrected chi connectivity index (χ3v) is 8.67. The van der Waals surface area contributed by atoms with Crippen LogP contribution >= 0.6 is 0 Å². The molecule has 0 spiro atoms. The van der Waals surface area contributed by atoms with Gasteiger partial charge in [-0.05, 0) is 93.4 Å². The zero-order chi connectivity index (χ0) is 22.9. The van der Waals surface area contributed by atoms with Gasteiger partial charge < -0.3 is 9.64 Å². The summed E-state index contributed by atoms with van der Waals surface area (Å²) in [5.41, 5.74) is 0.461. The number of methoxy groups -OCH3 is 1. The van der Waals surface area contributed by atoms with Gasteiger partial charge in [0.05, 0.1) is 30.2 Å². The molecule has 7 heteroatoms. The van der Waals surface area contributed by atoms with Gasteiger partial charge in [0.2, 0.25) is 11.8 Å². The maximum Gasteiger partial charge on any atom is 0.337 e. The third kappa shape index (κ3) is 3.30. The molecule has 1 aliphatic heterocycles. The molecule has 1 saturated heterocycles. The second-order valence-corrected chi connectivity index (χ2v) is 11.0. The van der Waals surface area contributed by atoms with Gasteiger partial charge >= 0.3 is 5.97 Å². The standard InChI is InChI=1S/C26H30N2O5/c1-33-24(31)18-2-4-20(5-3-18)28-22(29)11-21(23(28)30)27(19-6-7-19)25(32)26-12-15-8-16(13-26)10-17(9-15)14-26/h2-5,15-17,19,21H,6-14H2,1H3. The van der Waals surface area contributed by atoms with Crippen molar-refractivity contribution in [3.8, 4) is 0 Å². The molecule has 0 radical (unpaired) electrons. The van der Waals surface area contributed by atoms with Crippen LogP contribution in [0.2, 0.25) is 0 Å². The molecule has 1 heterocycles. The molecular formula is C26H30N2O5. The summed E-state index contributed by atoms with van der Waals surface area (Å²) in [7, 11) is 1.31. The summed E-state index contributed by atoms with van der Waals surface area (Å²) >= 11 is 0. The molecule has 6 fully saturated rings. The first-order valence-corrected chi connectivity index (χ1v) is 12.3. The molecule has 5 aliphatic carbocycles. The molecule has 1 atom stereocenters. The lowest BCUT2D eigenvalue weighted by Gasteiger charge is -2.57. The number of rotatable bonds is 5. The number of benzene rings is 1. The minimum Gasteiger partial charge on any atom is -0.465 e. The van der Waals surface area contributed by atoms with E-state index in [9.17, 15) is 19.2 Å². The van der Waals surface area contributed by atoms with E-state index in [-0.39, 0.29) is 35.6 Å². The van der Waals surface area contributed by atoms with Gasteiger partial charge in [0, 0.05) is 6.04 Å². The van der Waals surface area contributed by atoms with Crippen molar-refractivity contribution in [1.82, 2.24) is 4.90 Å². The van der Waals surface area contributed by atoms with Gasteiger partial charge in [0.25, 0.3) is 5.91 Å². The SMILES string of the molecule is COC(=O)c1ccc(N2C(=O)CC(N(C(=O)C34CC5CC(CC(C5)C3)C4)C3CC3)C2=O)cc1. The molecule has 174 valence electrons. The van der Waals surface area contributed by atoms with Crippen LogP contribution in [0.15, 0.2) is 24.3 Å². The number of hydrogen-bond acceptors (Lipinski definition) is 5. The lowest BCUT2D eigenvalue weighted by Crippen LogP contribution is -2.58. The number of carbonyl (C=O) groups excluding carboxylic acids is 4. The van der Waals surface area contributed by atoms with Crippen molar-refractivity contribution < 1.29 is 23.9 Å². The van der Waals surface area contributed by atoms with E-state index in [0.717, 1.165) is 32.1 Å². The van der Waals surface area contributed by atoms with E-state index in [4.69, 9.17) is 4.74 Å². The first-order valence-electron chi connectivity index (χ1n) is 12.3. The quantitative estimate of drug-likeness (QED) is 0.508. The summed E-state index contributed by atoms with van der Waals surface area (Å²) in [6, 6.07) is 5.64. The molecule has 5 saturated carbocycles. The average molecular weight is 451 g/mol. The van der Waals surface area contributed by atoms with Gasteiger partial charge in [-0.25, -0.2) is 9.69 Å². The molecule has 0 N–H and O–H groups in total. The van der Waals surface area contributed by atoms with Crippen molar-refractivity contribution in [2.45, 2.75) is 69.9 Å². The van der Waals surface area contributed by atoms with E-state index >= 15 is 0 Å². The molecule has 33 heavy (non-hydrogen) atoms. The fourth-order valence-electron chi connectivity index (χ4n) is 7.53. The van der Waals surface area contributed by atoms with Crippen LogP contribution in [-0.4, -0.2) is 47.8 Å². The van der Waals surface area contributed by atoms with Gasteiger partial charge in [-0.1, -0.05) is 0 Å². The van der Waals surface area contributed by atoms with Gasteiger partial charge in [0.15, 0.2) is 0 Å². The number of carbonyl (C=O) groups is 4. The maximum absolute atomic E-state index is 14.1. The average Bonchev–Trinajstić information content (AvgIpc) is 3.58. The zero-order valence-electron chi connectivity index (χ0n) is 19.0. The highest BCUT2D eigenvalue weighted by Crippen LogP contribution is 2.61. The smallest absolute Gasteiger partial charge is 0.337 e. The fourth-order valence-corrected chi connectivity index (χ4v) is 7.53. The van der Waals surface area contributed by atoms with Gasteiger partial charge in [-0.2, -0.15) is 0 Å². The van der Waals surface area contributed by atoms with Gasteiger partial charge in [-0.15, -0.1) is 0 Å². The largest absolute Gasteiger partial charge is 0.465 e. The van der Waals surface area contributed by atoms with Crippen molar-refractivity contribution in [2.75, 3.05) is 12.0 Å². The van der Waals surface area contributed by atoms with Crippen molar-refractivity contribution in [2.24, 2.45) is 23.2 Å². The Morgan fingerprint density at radius 2 is 1.55 bits per heavy atom. The van der Waals surface area contributed by atoms with Crippen LogP contribution in [0.25, 0.3) is 0 Å². The Kier molecular flexibility index (Phi) is 4.68. The van der Waals surface area contributed by atoms with Crippen LogP contribution in [0.1, 0.15) is 68.1 Å². The number of anilines is 1. The molecule has 6 aliphatic rings. The first kappa shape index (κ1) is 20.9. The van der Waals surface area contributed by atoms with Crippen LogP contribution in [0.3, 0.4) is 0 Å². The Bertz CT molecular complexity index is 992. The summed E-state index contributed by atoms with van der Waals surface area (Å²) in [5.74, 6) is 0.985. The summed E-state index contributed by atoms with van der Waals surface area (Å²) in [4.78, 5) is 55.3. The van der Waals surface area contributed by atoms with Crippen LogP contribution in [-0.2, 0) is 19.1 Å².